The number of nitrogens with one attached hydrogen (secondary N) is 1. The molecule has 0 radical (unpaired) electrons. The first kappa shape index (κ1) is 18.9. The topological polar surface area (TPSA) is 32.3 Å². The quantitative estimate of drug-likeness (QED) is 0.752. The summed E-state index contributed by atoms with van der Waals surface area (Å²) < 4.78 is 0. The van der Waals surface area contributed by atoms with Crippen molar-refractivity contribution in [1.82, 2.24) is 5.32 Å². The highest BCUT2D eigenvalue weighted by Gasteiger charge is 2.06. The molecule has 0 amide bonds. The predicted octanol–water partition coefficient (Wildman–Crippen LogP) is 4.37. The lowest BCUT2D eigenvalue weighted by molar-refractivity contribution is 0.151. The number of hydrogen-bond acceptors (Lipinski definition) is 2. The first-order chi connectivity index (χ1) is 8.91. The molecule has 1 saturated carbocycles. The van der Waals surface area contributed by atoms with Crippen LogP contribution in [0.2, 0.25) is 0 Å². The van der Waals surface area contributed by atoms with Gasteiger partial charge >= 0.3 is 0 Å². The molecule has 0 heterocycles. The molecule has 2 heteroatoms. The van der Waals surface area contributed by atoms with Crippen LogP contribution in [0.25, 0.3) is 0 Å². The van der Waals surface area contributed by atoms with Crippen LogP contribution in [0.5, 0.6) is 0 Å². The summed E-state index contributed by atoms with van der Waals surface area (Å²) in [6.45, 7) is 11.6. The third kappa shape index (κ3) is 14.1. The Kier molecular flexibility index (Phi) is 11.7. The van der Waals surface area contributed by atoms with Gasteiger partial charge in [-0.1, -0.05) is 66.7 Å². The molecule has 0 aromatic rings. The Bertz CT molecular complexity index is 174. The molecule has 0 aliphatic heterocycles. The highest BCUT2D eigenvalue weighted by atomic mass is 16.3. The summed E-state index contributed by atoms with van der Waals surface area (Å²) >= 11 is 0. The molecule has 2 N–H and O–H groups in total. The van der Waals surface area contributed by atoms with Crippen molar-refractivity contribution in [3.8, 4) is 0 Å². The van der Waals surface area contributed by atoms with Crippen molar-refractivity contribution in [3.05, 3.63) is 0 Å². The van der Waals surface area contributed by atoms with Crippen molar-refractivity contribution < 1.29 is 5.11 Å². The number of hydrogen-bond donors (Lipinski definition) is 2. The van der Waals surface area contributed by atoms with Gasteiger partial charge < -0.3 is 10.4 Å². The largest absolute Gasteiger partial charge is 0.392 e. The van der Waals surface area contributed by atoms with E-state index in [-0.39, 0.29) is 6.10 Å². The summed E-state index contributed by atoms with van der Waals surface area (Å²) in [6, 6.07) is 0.471. The first-order valence-electron chi connectivity index (χ1n) is 8.33. The van der Waals surface area contributed by atoms with Gasteiger partial charge in [-0.3, -0.25) is 0 Å². The van der Waals surface area contributed by atoms with Crippen molar-refractivity contribution >= 4 is 0 Å². The summed E-state index contributed by atoms with van der Waals surface area (Å²) in [5.74, 6) is 1.73. The van der Waals surface area contributed by atoms with Crippen LogP contribution < -0.4 is 5.32 Å². The lowest BCUT2D eigenvalue weighted by Gasteiger charge is -2.15. The van der Waals surface area contributed by atoms with Crippen molar-refractivity contribution in [2.24, 2.45) is 11.8 Å². The van der Waals surface area contributed by atoms with Crippen molar-refractivity contribution in [2.45, 2.75) is 91.7 Å². The fourth-order valence-corrected chi connectivity index (χ4v) is 2.31. The Morgan fingerprint density at radius 3 is 1.95 bits per heavy atom. The van der Waals surface area contributed by atoms with E-state index in [1.165, 1.54) is 32.1 Å². The second-order valence-electron chi connectivity index (χ2n) is 6.93. The fraction of sp³-hybridized carbons (Fsp3) is 1.00. The van der Waals surface area contributed by atoms with Crippen LogP contribution in [0.1, 0.15) is 79.6 Å². The Hall–Kier alpha value is -0.0800. The van der Waals surface area contributed by atoms with E-state index in [0.717, 1.165) is 25.3 Å². The minimum absolute atomic E-state index is 0.171. The van der Waals surface area contributed by atoms with Gasteiger partial charge in [0.05, 0.1) is 6.10 Å². The van der Waals surface area contributed by atoms with E-state index in [4.69, 9.17) is 0 Å². The molecule has 1 rings (SSSR count). The van der Waals surface area contributed by atoms with Gasteiger partial charge in [0.1, 0.15) is 0 Å². The summed E-state index contributed by atoms with van der Waals surface area (Å²) in [7, 11) is 0. The van der Waals surface area contributed by atoms with Gasteiger partial charge in [-0.05, 0) is 24.7 Å². The van der Waals surface area contributed by atoms with Gasteiger partial charge in [0.2, 0.25) is 0 Å². The van der Waals surface area contributed by atoms with Crippen LogP contribution in [0.3, 0.4) is 0 Å². The van der Waals surface area contributed by atoms with Crippen LogP contribution in [-0.4, -0.2) is 23.8 Å². The van der Waals surface area contributed by atoms with Crippen molar-refractivity contribution in [2.75, 3.05) is 6.54 Å². The molecule has 2 nitrogen and oxygen atoms in total. The van der Waals surface area contributed by atoms with Crippen LogP contribution in [0, 0.1) is 11.8 Å². The van der Waals surface area contributed by atoms with Gasteiger partial charge in [-0.2, -0.15) is 0 Å². The summed E-state index contributed by atoms with van der Waals surface area (Å²) in [4.78, 5) is 0. The van der Waals surface area contributed by atoms with E-state index in [1.807, 2.05) is 0 Å². The van der Waals surface area contributed by atoms with E-state index in [0.29, 0.717) is 12.0 Å². The third-order valence-electron chi connectivity index (χ3n) is 3.73. The molecule has 0 aromatic heterocycles. The number of aliphatic hydroxyl groups excluding tert-OH is 1. The normalized spacial score (nSPS) is 18.3. The smallest absolute Gasteiger partial charge is 0.0664 e. The molecule has 1 fully saturated rings. The molecule has 0 saturated heterocycles. The zero-order valence-electron chi connectivity index (χ0n) is 13.9. The molecule has 0 spiro atoms. The highest BCUT2D eigenvalue weighted by Crippen LogP contribution is 2.22. The van der Waals surface area contributed by atoms with E-state index in [9.17, 15) is 5.11 Å². The molecule has 1 aliphatic carbocycles. The number of rotatable bonds is 6. The van der Waals surface area contributed by atoms with Gasteiger partial charge in [0.25, 0.3) is 0 Å². The summed E-state index contributed by atoms with van der Waals surface area (Å²) in [6.07, 6.45) is 9.29. The van der Waals surface area contributed by atoms with Crippen LogP contribution in [0.15, 0.2) is 0 Å². The van der Waals surface area contributed by atoms with E-state index in [2.05, 4.69) is 39.9 Å². The molecular formula is C17H37NO. The molecular weight excluding hydrogens is 234 g/mol. The van der Waals surface area contributed by atoms with Crippen LogP contribution in [-0.2, 0) is 0 Å². The maximum absolute atomic E-state index is 9.48. The highest BCUT2D eigenvalue weighted by molar-refractivity contribution is 4.62. The maximum Gasteiger partial charge on any atom is 0.0664 e. The van der Waals surface area contributed by atoms with Gasteiger partial charge in [-0.25, -0.2) is 0 Å². The average molecular weight is 271 g/mol. The summed E-state index contributed by atoms with van der Waals surface area (Å²) in [5.41, 5.74) is 0. The van der Waals surface area contributed by atoms with Gasteiger partial charge in [0, 0.05) is 12.6 Å². The van der Waals surface area contributed by atoms with Gasteiger partial charge in [0.15, 0.2) is 0 Å². The Morgan fingerprint density at radius 1 is 1.00 bits per heavy atom. The Morgan fingerprint density at radius 2 is 1.58 bits per heavy atom. The molecule has 1 atom stereocenters. The monoisotopic (exact) mass is 271 g/mol. The molecule has 19 heavy (non-hydrogen) atoms. The maximum atomic E-state index is 9.48. The lowest BCUT2D eigenvalue weighted by Crippen LogP contribution is -2.31. The average Bonchev–Trinajstić information content (AvgIpc) is 2.35. The molecule has 0 unspecified atom stereocenters. The van der Waals surface area contributed by atoms with Crippen LogP contribution in [0.4, 0.5) is 0 Å². The number of aliphatic hydroxyl groups is 1. The SMILES string of the molecule is CC(C)CC[C@H](O)CNC(C)C.CC1CCCCC1. The zero-order valence-corrected chi connectivity index (χ0v) is 13.9. The molecule has 0 aromatic carbocycles. The van der Waals surface area contributed by atoms with E-state index >= 15 is 0 Å². The fourth-order valence-electron chi connectivity index (χ4n) is 2.31. The Labute approximate surface area is 121 Å². The predicted molar refractivity (Wildman–Crippen MR) is 85.5 cm³/mol. The third-order valence-corrected chi connectivity index (χ3v) is 3.73. The minimum atomic E-state index is -0.171. The van der Waals surface area contributed by atoms with Gasteiger partial charge in [-0.15, -0.1) is 0 Å². The van der Waals surface area contributed by atoms with E-state index < -0.39 is 0 Å². The van der Waals surface area contributed by atoms with Crippen molar-refractivity contribution in [3.63, 3.8) is 0 Å². The molecule has 0 bridgehead atoms. The zero-order chi connectivity index (χ0) is 14.7. The van der Waals surface area contributed by atoms with Crippen LogP contribution >= 0.6 is 0 Å². The van der Waals surface area contributed by atoms with Crippen molar-refractivity contribution in [1.29, 1.82) is 0 Å². The first-order valence-corrected chi connectivity index (χ1v) is 8.33. The lowest BCUT2D eigenvalue weighted by atomic mass is 9.91. The second-order valence-corrected chi connectivity index (χ2v) is 6.93. The second kappa shape index (κ2) is 11.7. The minimum Gasteiger partial charge on any atom is -0.392 e. The van der Waals surface area contributed by atoms with E-state index in [1.54, 1.807) is 0 Å². The standard InChI is InChI=1S/C10H23NO.C7H14/c1-8(2)5-6-10(12)7-11-9(3)4;1-7-5-3-2-4-6-7/h8-12H,5-7H2,1-4H3;7H,2-6H2,1H3/t10-;/m0./s1. The molecule has 1 aliphatic rings. The Balaban J connectivity index is 0.000000388. The summed E-state index contributed by atoms with van der Waals surface area (Å²) in [5, 5.41) is 12.7. The molecule has 116 valence electrons.